The standard InChI is InChI=1S/C9H19N3OS/c1-5-8(10-3)11-7-12-9(6-2)13-14-4/h6-8,10H,5H2,1-4H3,(H,11,12). The van der Waals surface area contributed by atoms with Gasteiger partial charge in [0, 0.05) is 6.26 Å². The second-order valence-electron chi connectivity index (χ2n) is 2.54. The SMILES string of the molecule is CC=C(NC=NC(CC)NC)OSC. The molecule has 0 aliphatic heterocycles. The molecule has 0 rings (SSSR count). The highest BCUT2D eigenvalue weighted by molar-refractivity contribution is 7.94. The van der Waals surface area contributed by atoms with E-state index in [0.717, 1.165) is 6.42 Å². The molecule has 0 spiro atoms. The maximum Gasteiger partial charge on any atom is 0.202 e. The molecule has 0 aromatic rings. The van der Waals surface area contributed by atoms with E-state index in [1.165, 1.54) is 12.0 Å². The first kappa shape index (κ1) is 13.3. The third-order valence-corrected chi connectivity index (χ3v) is 1.96. The summed E-state index contributed by atoms with van der Waals surface area (Å²) < 4.78 is 5.20. The molecule has 0 saturated heterocycles. The van der Waals surface area contributed by atoms with Crippen LogP contribution in [0, 0.1) is 0 Å². The molecule has 2 N–H and O–H groups in total. The number of hydrogen-bond acceptors (Lipinski definition) is 4. The van der Waals surface area contributed by atoms with Gasteiger partial charge in [0.25, 0.3) is 0 Å². The monoisotopic (exact) mass is 217 g/mol. The van der Waals surface area contributed by atoms with E-state index in [2.05, 4.69) is 22.5 Å². The molecule has 4 nitrogen and oxygen atoms in total. The van der Waals surface area contributed by atoms with E-state index in [4.69, 9.17) is 4.18 Å². The normalized spacial score (nSPS) is 14.4. The topological polar surface area (TPSA) is 45.7 Å². The van der Waals surface area contributed by atoms with E-state index in [-0.39, 0.29) is 6.17 Å². The third kappa shape index (κ3) is 5.88. The number of nitrogens with one attached hydrogen (secondary N) is 2. The van der Waals surface area contributed by atoms with Crippen molar-refractivity contribution < 1.29 is 4.18 Å². The summed E-state index contributed by atoms with van der Waals surface area (Å²) in [6, 6.07) is 0. The average Bonchev–Trinajstić information content (AvgIpc) is 2.23. The number of rotatable bonds is 7. The van der Waals surface area contributed by atoms with Gasteiger partial charge in [0.05, 0.1) is 18.4 Å². The van der Waals surface area contributed by atoms with Gasteiger partial charge in [-0.1, -0.05) is 6.92 Å². The predicted molar refractivity (Wildman–Crippen MR) is 63.1 cm³/mol. The van der Waals surface area contributed by atoms with Crippen molar-refractivity contribution in [1.29, 1.82) is 0 Å². The van der Waals surface area contributed by atoms with Crippen molar-refractivity contribution >= 4 is 18.4 Å². The van der Waals surface area contributed by atoms with E-state index in [1.54, 1.807) is 6.34 Å². The Morgan fingerprint density at radius 3 is 2.79 bits per heavy atom. The maximum absolute atomic E-state index is 5.20. The minimum atomic E-state index is 0.162. The van der Waals surface area contributed by atoms with Gasteiger partial charge in [-0.15, -0.1) is 0 Å². The largest absolute Gasteiger partial charge is 0.408 e. The van der Waals surface area contributed by atoms with Crippen LogP contribution in [-0.2, 0) is 4.18 Å². The lowest BCUT2D eigenvalue weighted by molar-refractivity contribution is 0.472. The molecule has 0 aromatic heterocycles. The molecule has 1 atom stereocenters. The first-order valence-electron chi connectivity index (χ1n) is 4.60. The summed E-state index contributed by atoms with van der Waals surface area (Å²) in [5, 5.41) is 6.03. The Bertz CT molecular complexity index is 190. The van der Waals surface area contributed by atoms with Crippen LogP contribution in [0.1, 0.15) is 20.3 Å². The summed E-state index contributed by atoms with van der Waals surface area (Å²) in [6.07, 6.45) is 6.49. The minimum Gasteiger partial charge on any atom is -0.408 e. The van der Waals surface area contributed by atoms with Crippen LogP contribution in [0.4, 0.5) is 0 Å². The zero-order valence-electron chi connectivity index (χ0n) is 9.20. The van der Waals surface area contributed by atoms with Crippen molar-refractivity contribution in [3.63, 3.8) is 0 Å². The molecule has 0 fully saturated rings. The molecule has 0 radical (unpaired) electrons. The molecule has 0 aromatic carbocycles. The Balaban J connectivity index is 3.89. The number of allylic oxidation sites excluding steroid dienone is 1. The zero-order valence-corrected chi connectivity index (χ0v) is 10.0. The quantitative estimate of drug-likeness (QED) is 0.295. The van der Waals surface area contributed by atoms with E-state index >= 15 is 0 Å². The van der Waals surface area contributed by atoms with Crippen molar-refractivity contribution in [3.8, 4) is 0 Å². The van der Waals surface area contributed by atoms with Crippen LogP contribution < -0.4 is 10.6 Å². The maximum atomic E-state index is 5.20. The zero-order chi connectivity index (χ0) is 10.8. The molecule has 0 bridgehead atoms. The van der Waals surface area contributed by atoms with Crippen LogP contribution in [-0.4, -0.2) is 25.8 Å². The summed E-state index contributed by atoms with van der Waals surface area (Å²) in [7, 11) is 1.89. The molecule has 0 saturated carbocycles. The number of hydrogen-bond donors (Lipinski definition) is 2. The molecule has 5 heteroatoms. The summed E-state index contributed by atoms with van der Waals surface area (Å²) in [5.74, 6) is 0.701. The highest BCUT2D eigenvalue weighted by atomic mass is 32.2. The lowest BCUT2D eigenvalue weighted by Crippen LogP contribution is -2.23. The van der Waals surface area contributed by atoms with E-state index in [1.807, 2.05) is 26.3 Å². The number of aliphatic imine (C=N–C) groups is 1. The Kier molecular flexibility index (Phi) is 8.47. The Morgan fingerprint density at radius 2 is 2.36 bits per heavy atom. The second kappa shape index (κ2) is 8.90. The second-order valence-corrected chi connectivity index (χ2v) is 3.04. The molecule has 14 heavy (non-hydrogen) atoms. The van der Waals surface area contributed by atoms with Crippen LogP contribution >= 0.6 is 12.0 Å². The van der Waals surface area contributed by atoms with Gasteiger partial charge < -0.3 is 9.50 Å². The van der Waals surface area contributed by atoms with Gasteiger partial charge >= 0.3 is 0 Å². The Morgan fingerprint density at radius 1 is 1.64 bits per heavy atom. The van der Waals surface area contributed by atoms with Gasteiger partial charge in [0.2, 0.25) is 5.88 Å². The van der Waals surface area contributed by atoms with Crippen LogP contribution in [0.2, 0.25) is 0 Å². The smallest absolute Gasteiger partial charge is 0.202 e. The first-order chi connectivity index (χ1) is 6.78. The van der Waals surface area contributed by atoms with Gasteiger partial charge in [-0.25, -0.2) is 0 Å². The van der Waals surface area contributed by atoms with Crippen molar-refractivity contribution in [3.05, 3.63) is 12.0 Å². The molecular weight excluding hydrogens is 198 g/mol. The molecular formula is C9H19N3OS. The van der Waals surface area contributed by atoms with Crippen molar-refractivity contribution in [2.24, 2.45) is 4.99 Å². The fraction of sp³-hybridized carbons (Fsp3) is 0.667. The molecule has 0 amide bonds. The average molecular weight is 217 g/mol. The predicted octanol–water partition coefficient (Wildman–Crippen LogP) is 1.72. The molecule has 0 aliphatic rings. The molecule has 0 aliphatic carbocycles. The lowest BCUT2D eigenvalue weighted by atomic mass is 10.4. The van der Waals surface area contributed by atoms with Crippen LogP contribution in [0.5, 0.6) is 0 Å². The number of nitrogens with zero attached hydrogens (tertiary/aromatic N) is 1. The van der Waals surface area contributed by atoms with Gasteiger partial charge in [0.1, 0.15) is 6.17 Å². The fourth-order valence-corrected chi connectivity index (χ4v) is 1.14. The van der Waals surface area contributed by atoms with Crippen LogP contribution in [0.25, 0.3) is 0 Å². The molecule has 1 unspecified atom stereocenters. The summed E-state index contributed by atoms with van der Waals surface area (Å²) in [4.78, 5) is 4.25. The van der Waals surface area contributed by atoms with E-state index in [0.29, 0.717) is 5.88 Å². The lowest BCUT2D eigenvalue weighted by Gasteiger charge is -2.08. The highest BCUT2D eigenvalue weighted by Gasteiger charge is 1.96. The van der Waals surface area contributed by atoms with Crippen LogP contribution in [0.15, 0.2) is 17.0 Å². The minimum absolute atomic E-state index is 0.162. The summed E-state index contributed by atoms with van der Waals surface area (Å²) >= 11 is 1.30. The van der Waals surface area contributed by atoms with Crippen molar-refractivity contribution in [2.45, 2.75) is 26.4 Å². The van der Waals surface area contributed by atoms with Crippen molar-refractivity contribution in [1.82, 2.24) is 10.6 Å². The Hall–Kier alpha value is -0.680. The fourth-order valence-electron chi connectivity index (χ4n) is 0.820. The first-order valence-corrected chi connectivity index (χ1v) is 5.75. The molecule has 0 heterocycles. The van der Waals surface area contributed by atoms with Gasteiger partial charge in [-0.05, 0) is 26.5 Å². The van der Waals surface area contributed by atoms with Gasteiger partial charge in [0.15, 0.2) is 0 Å². The van der Waals surface area contributed by atoms with E-state index in [9.17, 15) is 0 Å². The van der Waals surface area contributed by atoms with Gasteiger partial charge in [-0.3, -0.25) is 10.3 Å². The summed E-state index contributed by atoms with van der Waals surface area (Å²) in [6.45, 7) is 3.98. The van der Waals surface area contributed by atoms with E-state index < -0.39 is 0 Å². The highest BCUT2D eigenvalue weighted by Crippen LogP contribution is 2.02. The molecule has 82 valence electrons. The Labute approximate surface area is 90.4 Å². The van der Waals surface area contributed by atoms with Gasteiger partial charge in [-0.2, -0.15) is 0 Å². The summed E-state index contributed by atoms with van der Waals surface area (Å²) in [5.41, 5.74) is 0. The third-order valence-electron chi connectivity index (χ3n) is 1.62. The van der Waals surface area contributed by atoms with Crippen molar-refractivity contribution in [2.75, 3.05) is 13.3 Å². The van der Waals surface area contributed by atoms with Crippen LogP contribution in [0.3, 0.4) is 0 Å².